The van der Waals surface area contributed by atoms with Gasteiger partial charge in [-0.1, -0.05) is 77.8 Å². The molecule has 1 unspecified atom stereocenters. The number of hydrogen-bond donors (Lipinski definition) is 1. The first-order valence-corrected chi connectivity index (χ1v) is 15.3. The van der Waals surface area contributed by atoms with Crippen LogP contribution in [-0.2, 0) is 32.6 Å². The van der Waals surface area contributed by atoms with E-state index in [1.165, 1.54) is 9.21 Å². The van der Waals surface area contributed by atoms with Crippen molar-refractivity contribution in [1.82, 2.24) is 10.2 Å². The van der Waals surface area contributed by atoms with Crippen molar-refractivity contribution >= 4 is 43.5 Å². The monoisotopic (exact) mass is 613 g/mol. The van der Waals surface area contributed by atoms with Gasteiger partial charge in [0, 0.05) is 17.6 Å². The fourth-order valence-corrected chi connectivity index (χ4v) is 6.11. The minimum Gasteiger partial charge on any atom is -0.354 e. The summed E-state index contributed by atoms with van der Waals surface area (Å²) in [5, 5.41) is 2.86. The number of rotatable bonds is 12. The van der Waals surface area contributed by atoms with Gasteiger partial charge in [-0.05, 0) is 68.1 Å². The number of halogens is 1. The molecule has 0 aromatic heterocycles. The van der Waals surface area contributed by atoms with E-state index in [0.717, 1.165) is 27.6 Å². The second-order valence-electron chi connectivity index (χ2n) is 9.43. The van der Waals surface area contributed by atoms with Crippen LogP contribution in [0.5, 0.6) is 0 Å². The van der Waals surface area contributed by atoms with Gasteiger partial charge < -0.3 is 10.2 Å². The molecule has 1 N–H and O–H groups in total. The highest BCUT2D eigenvalue weighted by molar-refractivity contribution is 9.10. The number of aryl methyl sites for hydroxylation is 2. The molecule has 3 rings (SSSR count). The lowest BCUT2D eigenvalue weighted by molar-refractivity contribution is -0.139. The summed E-state index contributed by atoms with van der Waals surface area (Å²) >= 11 is 3.46. The fourth-order valence-electron chi connectivity index (χ4n) is 4.21. The van der Waals surface area contributed by atoms with Gasteiger partial charge in [-0.3, -0.25) is 13.9 Å². The van der Waals surface area contributed by atoms with Crippen molar-refractivity contribution in [3.63, 3.8) is 0 Å². The zero-order valence-corrected chi connectivity index (χ0v) is 25.3. The average Bonchev–Trinajstić information content (AvgIpc) is 2.93. The third kappa shape index (κ3) is 7.70. The number of nitrogens with one attached hydrogen (secondary N) is 1. The largest absolute Gasteiger partial charge is 0.354 e. The lowest BCUT2D eigenvalue weighted by Crippen LogP contribution is -2.51. The minimum atomic E-state index is -4.09. The molecular formula is C30H36BrN3O4S. The highest BCUT2D eigenvalue weighted by Gasteiger charge is 2.33. The van der Waals surface area contributed by atoms with E-state index in [1.807, 2.05) is 57.2 Å². The first kappa shape index (κ1) is 30.4. The Morgan fingerprint density at radius 2 is 1.67 bits per heavy atom. The van der Waals surface area contributed by atoms with Gasteiger partial charge in [-0.15, -0.1) is 0 Å². The van der Waals surface area contributed by atoms with Crippen LogP contribution in [0.2, 0.25) is 0 Å². The first-order valence-electron chi connectivity index (χ1n) is 13.1. The van der Waals surface area contributed by atoms with Crippen LogP contribution in [0.15, 0.2) is 82.2 Å². The molecule has 1 atom stereocenters. The Kier molecular flexibility index (Phi) is 10.7. The van der Waals surface area contributed by atoms with Gasteiger partial charge in [0.15, 0.2) is 0 Å². The van der Waals surface area contributed by atoms with Gasteiger partial charge in [-0.25, -0.2) is 8.42 Å². The SMILES string of the molecule is CCCNC(=O)C(C)N(Cc1cccc(Br)c1)C(=O)CN(c1ccccc1CC)S(=O)(=O)c1ccc(C)cc1. The molecule has 0 spiro atoms. The third-order valence-electron chi connectivity index (χ3n) is 6.49. The van der Waals surface area contributed by atoms with E-state index >= 15 is 0 Å². The Hall–Kier alpha value is -3.17. The molecule has 0 radical (unpaired) electrons. The number of hydrogen-bond acceptors (Lipinski definition) is 4. The molecule has 0 aliphatic heterocycles. The smallest absolute Gasteiger partial charge is 0.264 e. The van der Waals surface area contributed by atoms with Gasteiger partial charge in [0.2, 0.25) is 11.8 Å². The summed E-state index contributed by atoms with van der Waals surface area (Å²) < 4.78 is 30.0. The molecule has 9 heteroatoms. The molecule has 0 saturated heterocycles. The Balaban J connectivity index is 2.06. The number of anilines is 1. The van der Waals surface area contributed by atoms with Crippen molar-refractivity contribution in [2.45, 2.75) is 58.0 Å². The molecule has 3 aromatic carbocycles. The predicted octanol–water partition coefficient (Wildman–Crippen LogP) is 5.46. The van der Waals surface area contributed by atoms with Gasteiger partial charge in [-0.2, -0.15) is 0 Å². The van der Waals surface area contributed by atoms with Crippen molar-refractivity contribution < 1.29 is 18.0 Å². The van der Waals surface area contributed by atoms with Gasteiger partial charge in [0.25, 0.3) is 10.0 Å². The molecule has 2 amide bonds. The van der Waals surface area contributed by atoms with Crippen molar-refractivity contribution in [3.8, 4) is 0 Å². The molecule has 0 bridgehead atoms. The number of carbonyl (C=O) groups is 2. The zero-order valence-electron chi connectivity index (χ0n) is 22.9. The normalized spacial score (nSPS) is 12.0. The van der Waals surface area contributed by atoms with Gasteiger partial charge >= 0.3 is 0 Å². The number of carbonyl (C=O) groups excluding carboxylic acids is 2. The van der Waals surface area contributed by atoms with E-state index in [-0.39, 0.29) is 17.3 Å². The van der Waals surface area contributed by atoms with Crippen LogP contribution in [0.1, 0.15) is 43.9 Å². The molecule has 208 valence electrons. The molecule has 39 heavy (non-hydrogen) atoms. The summed E-state index contributed by atoms with van der Waals surface area (Å²) in [6.45, 7) is 7.62. The van der Waals surface area contributed by atoms with Crippen LogP contribution in [-0.4, -0.2) is 44.3 Å². The Labute approximate surface area is 240 Å². The van der Waals surface area contributed by atoms with Crippen LogP contribution < -0.4 is 9.62 Å². The standard InChI is InChI=1S/C30H36BrN3O4S/c1-5-18-32-30(36)23(4)33(20-24-10-9-12-26(31)19-24)29(35)21-34(28-13-8-7-11-25(28)6-2)39(37,38)27-16-14-22(3)15-17-27/h7-17,19,23H,5-6,18,20-21H2,1-4H3,(H,32,36). The second kappa shape index (κ2) is 13.8. The third-order valence-corrected chi connectivity index (χ3v) is 8.75. The Bertz CT molecular complexity index is 1390. The summed E-state index contributed by atoms with van der Waals surface area (Å²) in [7, 11) is -4.09. The van der Waals surface area contributed by atoms with E-state index in [9.17, 15) is 18.0 Å². The maximum Gasteiger partial charge on any atom is 0.264 e. The summed E-state index contributed by atoms with van der Waals surface area (Å²) in [5.74, 6) is -0.766. The minimum absolute atomic E-state index is 0.0964. The van der Waals surface area contributed by atoms with Crippen molar-refractivity contribution in [2.24, 2.45) is 0 Å². The maximum absolute atomic E-state index is 14.0. The quantitative estimate of drug-likeness (QED) is 0.294. The summed E-state index contributed by atoms with van der Waals surface area (Å²) in [4.78, 5) is 28.5. The molecule has 0 aliphatic carbocycles. The summed E-state index contributed by atoms with van der Waals surface area (Å²) in [6.07, 6.45) is 1.34. The fraction of sp³-hybridized carbons (Fsp3) is 0.333. The predicted molar refractivity (Wildman–Crippen MR) is 159 cm³/mol. The van der Waals surface area contributed by atoms with Crippen molar-refractivity contribution in [3.05, 3.63) is 94.0 Å². The number of benzene rings is 3. The van der Waals surface area contributed by atoms with Crippen LogP contribution in [0.4, 0.5) is 5.69 Å². The lowest BCUT2D eigenvalue weighted by Gasteiger charge is -2.32. The zero-order chi connectivity index (χ0) is 28.6. The van der Waals surface area contributed by atoms with E-state index < -0.39 is 28.5 Å². The van der Waals surface area contributed by atoms with Gasteiger partial charge in [0.1, 0.15) is 12.6 Å². The number of nitrogens with zero attached hydrogens (tertiary/aromatic N) is 2. The molecule has 0 aliphatic rings. The topological polar surface area (TPSA) is 86.8 Å². The molecular weight excluding hydrogens is 578 g/mol. The van der Waals surface area contributed by atoms with E-state index in [4.69, 9.17) is 0 Å². The Morgan fingerprint density at radius 1 is 0.974 bits per heavy atom. The van der Waals surface area contributed by atoms with E-state index in [1.54, 1.807) is 43.3 Å². The summed E-state index contributed by atoms with van der Waals surface area (Å²) in [6, 6.07) is 20.4. The van der Waals surface area contributed by atoms with Crippen LogP contribution in [0.25, 0.3) is 0 Å². The summed E-state index contributed by atoms with van der Waals surface area (Å²) in [5.41, 5.74) is 2.99. The molecule has 0 saturated carbocycles. The first-order chi connectivity index (χ1) is 18.6. The van der Waals surface area contributed by atoms with Crippen molar-refractivity contribution in [1.29, 1.82) is 0 Å². The maximum atomic E-state index is 14.0. The molecule has 7 nitrogen and oxygen atoms in total. The van der Waals surface area contributed by atoms with Crippen LogP contribution in [0.3, 0.4) is 0 Å². The highest BCUT2D eigenvalue weighted by Crippen LogP contribution is 2.28. The molecule has 0 fully saturated rings. The number of sulfonamides is 1. The van der Waals surface area contributed by atoms with Crippen molar-refractivity contribution in [2.75, 3.05) is 17.4 Å². The number of para-hydroxylation sites is 1. The van der Waals surface area contributed by atoms with Crippen LogP contribution >= 0.6 is 15.9 Å². The van der Waals surface area contributed by atoms with E-state index in [0.29, 0.717) is 18.7 Å². The average molecular weight is 615 g/mol. The van der Waals surface area contributed by atoms with E-state index in [2.05, 4.69) is 21.2 Å². The highest BCUT2D eigenvalue weighted by atomic mass is 79.9. The Morgan fingerprint density at radius 3 is 2.31 bits per heavy atom. The van der Waals surface area contributed by atoms with Crippen LogP contribution in [0, 0.1) is 6.92 Å². The second-order valence-corrected chi connectivity index (χ2v) is 12.2. The molecule has 0 heterocycles. The number of amides is 2. The van der Waals surface area contributed by atoms with Gasteiger partial charge in [0.05, 0.1) is 10.6 Å². The lowest BCUT2D eigenvalue weighted by atomic mass is 10.1. The molecule has 3 aromatic rings.